The smallest absolute Gasteiger partial charge is 0.0893 e. The normalized spacial score (nSPS) is 10.6. The summed E-state index contributed by atoms with van der Waals surface area (Å²) in [4.78, 5) is 0. The molecule has 0 aliphatic carbocycles. The van der Waals surface area contributed by atoms with Gasteiger partial charge in [0.25, 0.3) is 0 Å². The van der Waals surface area contributed by atoms with Crippen molar-refractivity contribution in [2.75, 3.05) is 5.73 Å². The van der Waals surface area contributed by atoms with E-state index in [0.29, 0.717) is 10.7 Å². The predicted octanol–water partition coefficient (Wildman–Crippen LogP) is 1.57. The number of rotatable bonds is 0. The Hall–Kier alpha value is -1.22. The van der Waals surface area contributed by atoms with Gasteiger partial charge in [-0.15, -0.1) is 0 Å². The van der Waals surface area contributed by atoms with Crippen LogP contribution < -0.4 is 5.73 Å². The van der Waals surface area contributed by atoms with Crippen molar-refractivity contribution in [3.63, 3.8) is 0 Å². The van der Waals surface area contributed by atoms with Crippen LogP contribution in [0.5, 0.6) is 0 Å². The summed E-state index contributed by atoms with van der Waals surface area (Å²) in [6, 6.07) is 3.54. The Kier molecular flexibility index (Phi) is 1.26. The van der Waals surface area contributed by atoms with Crippen LogP contribution in [0.2, 0.25) is 5.02 Å². The molecule has 0 unspecified atom stereocenters. The molecule has 2 N–H and O–H groups in total. The summed E-state index contributed by atoms with van der Waals surface area (Å²) in [6.07, 6.45) is 3.46. The van der Waals surface area contributed by atoms with E-state index >= 15 is 0 Å². The second-order valence-electron chi connectivity index (χ2n) is 2.25. The minimum absolute atomic E-state index is 0.560. The summed E-state index contributed by atoms with van der Waals surface area (Å²) in [5.74, 6) is 0. The first-order valence-corrected chi connectivity index (χ1v) is 3.54. The highest BCUT2D eigenvalue weighted by atomic mass is 35.5. The average Bonchev–Trinajstić information content (AvgIpc) is 2.45. The number of nitrogens with zero attached hydrogens (tertiary/aromatic N) is 2. The zero-order chi connectivity index (χ0) is 7.84. The van der Waals surface area contributed by atoms with Crippen LogP contribution in [-0.2, 0) is 0 Å². The fraction of sp³-hybridized carbons (Fsp3) is 0. The molecule has 11 heavy (non-hydrogen) atoms. The molecule has 0 saturated carbocycles. The Morgan fingerprint density at radius 2 is 2.27 bits per heavy atom. The monoisotopic (exact) mass is 167 g/mol. The van der Waals surface area contributed by atoms with Crippen LogP contribution in [0.4, 0.5) is 5.69 Å². The van der Waals surface area contributed by atoms with Crippen LogP contribution in [0.1, 0.15) is 0 Å². The molecular formula is C7H6ClN3. The maximum Gasteiger partial charge on any atom is 0.0893 e. The van der Waals surface area contributed by atoms with E-state index in [9.17, 15) is 0 Å². The molecule has 2 rings (SSSR count). The summed E-state index contributed by atoms with van der Waals surface area (Å²) in [7, 11) is 0. The fourth-order valence-electron chi connectivity index (χ4n) is 0.979. The molecule has 2 aromatic heterocycles. The third kappa shape index (κ3) is 0.851. The molecule has 0 atom stereocenters. The number of aromatic nitrogens is 2. The van der Waals surface area contributed by atoms with Crippen LogP contribution >= 0.6 is 11.6 Å². The van der Waals surface area contributed by atoms with Gasteiger partial charge in [0.05, 0.1) is 22.4 Å². The summed E-state index contributed by atoms with van der Waals surface area (Å²) in [5.41, 5.74) is 6.99. The van der Waals surface area contributed by atoms with Gasteiger partial charge in [-0.2, -0.15) is 5.10 Å². The number of hydrogen-bond donors (Lipinski definition) is 1. The third-order valence-electron chi connectivity index (χ3n) is 1.54. The van der Waals surface area contributed by atoms with E-state index in [1.807, 2.05) is 6.07 Å². The van der Waals surface area contributed by atoms with Gasteiger partial charge in [0.15, 0.2) is 0 Å². The van der Waals surface area contributed by atoms with Crippen LogP contribution in [0.25, 0.3) is 5.52 Å². The minimum Gasteiger partial charge on any atom is -0.397 e. The minimum atomic E-state index is 0.560. The first-order chi connectivity index (χ1) is 5.29. The number of nitrogens with two attached hydrogens (primary N) is 1. The molecule has 0 bridgehead atoms. The lowest BCUT2D eigenvalue weighted by Gasteiger charge is -1.98. The summed E-state index contributed by atoms with van der Waals surface area (Å²) in [5, 5.41) is 4.56. The number of hydrogen-bond acceptors (Lipinski definition) is 2. The largest absolute Gasteiger partial charge is 0.397 e. The zero-order valence-electron chi connectivity index (χ0n) is 5.66. The SMILES string of the molecule is Nc1ccn2nccc2c1Cl. The molecule has 0 spiro atoms. The molecule has 3 nitrogen and oxygen atoms in total. The quantitative estimate of drug-likeness (QED) is 0.647. The molecule has 2 aromatic rings. The molecular weight excluding hydrogens is 162 g/mol. The van der Waals surface area contributed by atoms with E-state index < -0.39 is 0 Å². The second-order valence-corrected chi connectivity index (χ2v) is 2.62. The number of halogens is 1. The molecule has 56 valence electrons. The molecule has 0 saturated heterocycles. The fourth-order valence-corrected chi connectivity index (χ4v) is 1.19. The van der Waals surface area contributed by atoms with Crippen LogP contribution in [-0.4, -0.2) is 9.61 Å². The van der Waals surface area contributed by atoms with Gasteiger partial charge in [0.1, 0.15) is 0 Å². The molecule has 0 aliphatic rings. The average molecular weight is 168 g/mol. The van der Waals surface area contributed by atoms with Gasteiger partial charge in [0.2, 0.25) is 0 Å². The van der Waals surface area contributed by atoms with Gasteiger partial charge in [-0.05, 0) is 12.1 Å². The van der Waals surface area contributed by atoms with Crippen LogP contribution in [0, 0.1) is 0 Å². The first kappa shape index (κ1) is 6.49. The molecule has 0 aromatic carbocycles. The Labute approximate surface area is 68.4 Å². The first-order valence-electron chi connectivity index (χ1n) is 3.16. The van der Waals surface area contributed by atoms with E-state index in [2.05, 4.69) is 5.10 Å². The lowest BCUT2D eigenvalue weighted by atomic mass is 10.3. The van der Waals surface area contributed by atoms with Gasteiger partial charge in [-0.1, -0.05) is 11.6 Å². The van der Waals surface area contributed by atoms with Crippen molar-refractivity contribution in [1.29, 1.82) is 0 Å². The summed E-state index contributed by atoms with van der Waals surface area (Å²) >= 11 is 5.88. The van der Waals surface area contributed by atoms with E-state index in [1.54, 1.807) is 23.0 Å². The van der Waals surface area contributed by atoms with Gasteiger partial charge >= 0.3 is 0 Å². The lowest BCUT2D eigenvalue weighted by molar-refractivity contribution is 0.962. The molecule has 4 heteroatoms. The highest BCUT2D eigenvalue weighted by Crippen LogP contribution is 2.22. The molecule has 0 fully saturated rings. The van der Waals surface area contributed by atoms with Crippen LogP contribution in [0.3, 0.4) is 0 Å². The Balaban J connectivity index is 2.93. The summed E-state index contributed by atoms with van der Waals surface area (Å²) < 4.78 is 1.68. The van der Waals surface area contributed by atoms with Gasteiger partial charge in [-0.25, -0.2) is 4.52 Å². The zero-order valence-corrected chi connectivity index (χ0v) is 6.42. The van der Waals surface area contributed by atoms with Crippen molar-refractivity contribution in [2.24, 2.45) is 0 Å². The number of pyridine rings is 1. The standard InChI is InChI=1S/C7H6ClN3/c8-7-5(9)2-4-11-6(7)1-3-10-11/h1-4H,9H2. The number of fused-ring (bicyclic) bond motifs is 1. The van der Waals surface area contributed by atoms with E-state index in [0.717, 1.165) is 5.52 Å². The van der Waals surface area contributed by atoms with Gasteiger partial charge in [0, 0.05) is 6.20 Å². The molecule has 0 aliphatic heterocycles. The lowest BCUT2D eigenvalue weighted by Crippen LogP contribution is -1.91. The predicted molar refractivity (Wildman–Crippen MR) is 44.6 cm³/mol. The van der Waals surface area contributed by atoms with Crippen molar-refractivity contribution < 1.29 is 0 Å². The Bertz CT molecular complexity index is 393. The van der Waals surface area contributed by atoms with Crippen LogP contribution in [0.15, 0.2) is 24.5 Å². The van der Waals surface area contributed by atoms with Gasteiger partial charge in [-0.3, -0.25) is 0 Å². The topological polar surface area (TPSA) is 43.3 Å². The van der Waals surface area contributed by atoms with E-state index in [4.69, 9.17) is 17.3 Å². The highest BCUT2D eigenvalue weighted by Gasteiger charge is 2.01. The highest BCUT2D eigenvalue weighted by molar-refractivity contribution is 6.36. The number of anilines is 1. The van der Waals surface area contributed by atoms with E-state index in [-0.39, 0.29) is 0 Å². The third-order valence-corrected chi connectivity index (χ3v) is 1.96. The maximum atomic E-state index is 5.88. The molecule has 0 amide bonds. The van der Waals surface area contributed by atoms with Crippen molar-refractivity contribution in [2.45, 2.75) is 0 Å². The van der Waals surface area contributed by atoms with E-state index in [1.165, 1.54) is 0 Å². The Morgan fingerprint density at radius 1 is 1.45 bits per heavy atom. The molecule has 2 heterocycles. The molecule has 0 radical (unpaired) electrons. The second kappa shape index (κ2) is 2.13. The van der Waals surface area contributed by atoms with Crippen molar-refractivity contribution in [3.8, 4) is 0 Å². The Morgan fingerprint density at radius 3 is 3.09 bits per heavy atom. The van der Waals surface area contributed by atoms with Crippen molar-refractivity contribution >= 4 is 22.8 Å². The van der Waals surface area contributed by atoms with Crippen molar-refractivity contribution in [1.82, 2.24) is 9.61 Å². The maximum absolute atomic E-state index is 5.88. The van der Waals surface area contributed by atoms with Gasteiger partial charge < -0.3 is 5.73 Å². The number of nitrogen functional groups attached to an aromatic ring is 1. The summed E-state index contributed by atoms with van der Waals surface area (Å²) in [6.45, 7) is 0. The van der Waals surface area contributed by atoms with Crippen molar-refractivity contribution in [3.05, 3.63) is 29.5 Å².